The number of fused-ring (bicyclic) bond motifs is 2. The Morgan fingerprint density at radius 1 is 1.39 bits per heavy atom. The van der Waals surface area contributed by atoms with Crippen LogP contribution in [0.2, 0.25) is 0 Å². The molecule has 0 aromatic carbocycles. The lowest BCUT2D eigenvalue weighted by Gasteiger charge is -2.32. The molecule has 0 N–H and O–H groups in total. The molecule has 1 heterocycles. The van der Waals surface area contributed by atoms with Crippen molar-refractivity contribution < 1.29 is 9.53 Å². The first-order valence-corrected chi connectivity index (χ1v) is 7.89. The number of ketones is 1. The summed E-state index contributed by atoms with van der Waals surface area (Å²) >= 11 is 1.87. The summed E-state index contributed by atoms with van der Waals surface area (Å²) < 4.78 is 5.92. The van der Waals surface area contributed by atoms with E-state index in [1.807, 2.05) is 11.8 Å². The van der Waals surface area contributed by atoms with E-state index in [2.05, 4.69) is 32.9 Å². The lowest BCUT2D eigenvalue weighted by Crippen LogP contribution is -2.35. The van der Waals surface area contributed by atoms with E-state index in [9.17, 15) is 4.79 Å². The molecule has 1 spiro atoms. The Hall–Kier alpha value is -0.280. The van der Waals surface area contributed by atoms with Gasteiger partial charge in [0.05, 0.1) is 6.10 Å². The number of hydrogen-bond acceptors (Lipinski definition) is 3. The summed E-state index contributed by atoms with van der Waals surface area (Å²) in [4.78, 5) is 12.3. The van der Waals surface area contributed by atoms with Gasteiger partial charge in [-0.05, 0) is 44.6 Å². The Bertz CT molecular complexity index is 403. The topological polar surface area (TPSA) is 26.3 Å². The Morgan fingerprint density at radius 2 is 2.17 bits per heavy atom. The quantitative estimate of drug-likeness (QED) is 0.715. The molecule has 0 radical (unpaired) electrons. The molecule has 4 atom stereocenters. The Labute approximate surface area is 114 Å². The summed E-state index contributed by atoms with van der Waals surface area (Å²) in [7, 11) is 0. The maximum absolute atomic E-state index is 12.3. The number of carbonyl (C=O) groups is 1. The molecule has 0 bridgehead atoms. The first kappa shape index (κ1) is 12.7. The number of rotatable bonds is 2. The van der Waals surface area contributed by atoms with Gasteiger partial charge in [0.1, 0.15) is 11.2 Å². The van der Waals surface area contributed by atoms with Gasteiger partial charge in [-0.2, -0.15) is 0 Å². The van der Waals surface area contributed by atoms with Crippen molar-refractivity contribution in [1.82, 2.24) is 0 Å². The van der Waals surface area contributed by atoms with Gasteiger partial charge in [-0.25, -0.2) is 0 Å². The van der Waals surface area contributed by atoms with Crippen LogP contribution < -0.4 is 0 Å². The molecule has 1 unspecified atom stereocenters. The predicted octanol–water partition coefficient (Wildman–Crippen LogP) is 3.56. The van der Waals surface area contributed by atoms with Gasteiger partial charge in [0.2, 0.25) is 0 Å². The smallest absolute Gasteiger partial charge is 0.138 e. The second kappa shape index (κ2) is 4.11. The molecule has 2 nitrogen and oxygen atoms in total. The van der Waals surface area contributed by atoms with E-state index in [4.69, 9.17) is 4.74 Å². The number of carbonyl (C=O) groups excluding carboxylic acids is 1. The molecule has 0 amide bonds. The van der Waals surface area contributed by atoms with Crippen molar-refractivity contribution in [3.8, 4) is 0 Å². The van der Waals surface area contributed by atoms with Gasteiger partial charge < -0.3 is 4.74 Å². The van der Waals surface area contributed by atoms with E-state index >= 15 is 0 Å². The molecule has 0 saturated heterocycles. The third-order valence-corrected chi connectivity index (χ3v) is 6.33. The standard InChI is InChI=1S/C15H22O2S/c1-10(2)17-12-5-7-15(18-12)9-8-14(3)6-4-11(16)13(14)15/h5,7,10,12-13H,4,6,8-9H2,1-3H3/t12?,13-,14-,15+/m1/s1. The van der Waals surface area contributed by atoms with Crippen LogP contribution in [0.4, 0.5) is 0 Å². The van der Waals surface area contributed by atoms with Crippen LogP contribution in [0.25, 0.3) is 0 Å². The van der Waals surface area contributed by atoms with E-state index < -0.39 is 0 Å². The highest BCUT2D eigenvalue weighted by Crippen LogP contribution is 2.64. The van der Waals surface area contributed by atoms with Crippen molar-refractivity contribution in [2.75, 3.05) is 0 Å². The molecule has 3 aliphatic rings. The molecule has 1 aliphatic heterocycles. The van der Waals surface area contributed by atoms with Gasteiger partial charge in [-0.1, -0.05) is 13.0 Å². The highest BCUT2D eigenvalue weighted by atomic mass is 32.2. The van der Waals surface area contributed by atoms with Gasteiger partial charge in [0, 0.05) is 17.1 Å². The van der Waals surface area contributed by atoms with E-state index in [1.54, 1.807) is 0 Å². The molecule has 3 heteroatoms. The minimum Gasteiger partial charge on any atom is -0.361 e. The summed E-state index contributed by atoms with van der Waals surface area (Å²) in [5.41, 5.74) is 0.391. The summed E-state index contributed by atoms with van der Waals surface area (Å²) in [6.07, 6.45) is 8.89. The summed E-state index contributed by atoms with van der Waals surface area (Å²) in [6, 6.07) is 0. The number of thioether (sulfide) groups is 1. The van der Waals surface area contributed by atoms with E-state index in [-0.39, 0.29) is 27.6 Å². The fourth-order valence-corrected chi connectivity index (χ4v) is 5.82. The molecule has 100 valence electrons. The molecular weight excluding hydrogens is 244 g/mol. The van der Waals surface area contributed by atoms with Crippen molar-refractivity contribution >= 4 is 17.5 Å². The monoisotopic (exact) mass is 266 g/mol. The highest BCUT2D eigenvalue weighted by molar-refractivity contribution is 8.01. The molecule has 0 aromatic rings. The second-order valence-electron chi connectivity index (χ2n) is 6.54. The van der Waals surface area contributed by atoms with E-state index in [0.29, 0.717) is 5.78 Å². The minimum absolute atomic E-state index is 0.0435. The predicted molar refractivity (Wildman–Crippen MR) is 74.5 cm³/mol. The molecule has 0 aromatic heterocycles. The van der Waals surface area contributed by atoms with Crippen LogP contribution in [0.1, 0.15) is 46.5 Å². The van der Waals surface area contributed by atoms with Gasteiger partial charge in [0.25, 0.3) is 0 Å². The zero-order chi connectivity index (χ0) is 13.0. The maximum atomic E-state index is 12.3. The van der Waals surface area contributed by atoms with Gasteiger partial charge >= 0.3 is 0 Å². The van der Waals surface area contributed by atoms with Crippen LogP contribution in [0, 0.1) is 11.3 Å². The average molecular weight is 266 g/mol. The van der Waals surface area contributed by atoms with Crippen molar-refractivity contribution in [1.29, 1.82) is 0 Å². The lowest BCUT2D eigenvalue weighted by molar-refractivity contribution is -0.121. The van der Waals surface area contributed by atoms with Gasteiger partial charge in [-0.15, -0.1) is 11.8 Å². The second-order valence-corrected chi connectivity index (χ2v) is 8.00. The fourth-order valence-electron chi connectivity index (χ4n) is 4.03. The van der Waals surface area contributed by atoms with Crippen molar-refractivity contribution in [3.63, 3.8) is 0 Å². The largest absolute Gasteiger partial charge is 0.361 e. The van der Waals surface area contributed by atoms with Gasteiger partial charge in [0.15, 0.2) is 0 Å². The van der Waals surface area contributed by atoms with Crippen LogP contribution in [-0.4, -0.2) is 22.1 Å². The third-order valence-electron chi connectivity index (χ3n) is 4.81. The lowest BCUT2D eigenvalue weighted by atomic mass is 9.79. The Kier molecular flexibility index (Phi) is 2.91. The normalized spacial score (nSPS) is 46.6. The molecule has 2 fully saturated rings. The Balaban J connectivity index is 1.82. The maximum Gasteiger partial charge on any atom is 0.138 e. The summed E-state index contributed by atoms with van der Waals surface area (Å²) in [5, 5.41) is 0. The first-order chi connectivity index (χ1) is 8.45. The van der Waals surface area contributed by atoms with Crippen LogP contribution in [-0.2, 0) is 9.53 Å². The first-order valence-electron chi connectivity index (χ1n) is 7.01. The molecule has 3 rings (SSSR count). The molecule has 18 heavy (non-hydrogen) atoms. The van der Waals surface area contributed by atoms with Crippen LogP contribution in [0.15, 0.2) is 12.2 Å². The SMILES string of the molecule is CC(C)OC1C=C[C@@]2(CC[C@@]3(C)CCC(=O)[C@H]32)S1. The van der Waals surface area contributed by atoms with Crippen molar-refractivity contribution in [2.24, 2.45) is 11.3 Å². The van der Waals surface area contributed by atoms with Crippen molar-refractivity contribution in [3.05, 3.63) is 12.2 Å². The zero-order valence-electron chi connectivity index (χ0n) is 11.4. The average Bonchev–Trinajstić information content (AvgIpc) is 2.88. The fraction of sp³-hybridized carbons (Fsp3) is 0.800. The Morgan fingerprint density at radius 3 is 2.89 bits per heavy atom. The van der Waals surface area contributed by atoms with Crippen molar-refractivity contribution in [2.45, 2.75) is 62.7 Å². The summed E-state index contributed by atoms with van der Waals surface area (Å²) in [6.45, 7) is 6.44. The van der Waals surface area contributed by atoms with Crippen LogP contribution >= 0.6 is 11.8 Å². The third kappa shape index (κ3) is 1.78. The highest BCUT2D eigenvalue weighted by Gasteiger charge is 2.61. The van der Waals surface area contributed by atoms with Crippen LogP contribution in [0.3, 0.4) is 0 Å². The minimum atomic E-state index is 0.0435. The summed E-state index contributed by atoms with van der Waals surface area (Å²) in [5.74, 6) is 0.712. The molecular formula is C15H22O2S. The zero-order valence-corrected chi connectivity index (χ0v) is 12.3. The number of hydrogen-bond donors (Lipinski definition) is 0. The van der Waals surface area contributed by atoms with E-state index in [0.717, 1.165) is 19.3 Å². The number of ether oxygens (including phenoxy) is 1. The van der Waals surface area contributed by atoms with Crippen LogP contribution in [0.5, 0.6) is 0 Å². The van der Waals surface area contributed by atoms with E-state index in [1.165, 1.54) is 6.42 Å². The molecule has 2 saturated carbocycles. The van der Waals surface area contributed by atoms with Gasteiger partial charge in [-0.3, -0.25) is 4.79 Å². The molecule has 2 aliphatic carbocycles. The number of Topliss-reactive ketones (excluding diaryl/α,β-unsaturated/α-hetero) is 1.